The molecular weight excluding hydrogens is 436 g/mol. The molecule has 0 saturated heterocycles. The fraction of sp³-hybridized carbons (Fsp3) is 0.385. The molecular formula is C26H30N2O4S. The highest BCUT2D eigenvalue weighted by Crippen LogP contribution is 2.34. The van der Waals surface area contributed by atoms with Crippen LogP contribution in [0.2, 0.25) is 0 Å². The van der Waals surface area contributed by atoms with E-state index in [-0.39, 0.29) is 36.2 Å². The van der Waals surface area contributed by atoms with Gasteiger partial charge < -0.3 is 19.0 Å². The Morgan fingerprint density at radius 3 is 2.79 bits per heavy atom. The van der Waals surface area contributed by atoms with Crippen LogP contribution < -0.4 is 4.74 Å². The zero-order chi connectivity index (χ0) is 23.4. The molecule has 6 nitrogen and oxygen atoms in total. The Hall–Kier alpha value is -3.06. The number of carbonyl (C=O) groups excluding carboxylic acids is 2. The van der Waals surface area contributed by atoms with Gasteiger partial charge in [-0.25, -0.2) is 0 Å². The minimum absolute atomic E-state index is 0.00880. The van der Waals surface area contributed by atoms with Crippen molar-refractivity contribution in [2.75, 3.05) is 19.7 Å². The highest BCUT2D eigenvalue weighted by atomic mass is 32.1. The summed E-state index contributed by atoms with van der Waals surface area (Å²) in [5.41, 5.74) is 2.20. The quantitative estimate of drug-likeness (QED) is 0.464. The van der Waals surface area contributed by atoms with Crippen molar-refractivity contribution in [3.8, 4) is 5.75 Å². The number of fused-ring (bicyclic) bond motifs is 1. The number of rotatable bonds is 8. The van der Waals surface area contributed by atoms with Crippen molar-refractivity contribution in [3.05, 3.63) is 75.9 Å². The van der Waals surface area contributed by atoms with E-state index in [9.17, 15) is 9.59 Å². The fourth-order valence-electron chi connectivity index (χ4n) is 4.19. The molecule has 0 radical (unpaired) electrons. The lowest BCUT2D eigenvalue weighted by atomic mass is 10.00. The van der Waals surface area contributed by atoms with Crippen molar-refractivity contribution in [2.24, 2.45) is 0 Å². The summed E-state index contributed by atoms with van der Waals surface area (Å²) in [4.78, 5) is 31.4. The SMILES string of the molecule is CC[C@@H](C)N(CC(=O)N1CCc2sccc2[C@@H]1COc1ccccc1C)C(=O)c1ccco1. The standard InChI is InChI=1S/C26H30N2O4S/c1-4-19(3)28(26(30)23-10-7-14-31-23)16-25(29)27-13-11-24-20(12-15-33-24)21(27)17-32-22-9-6-5-8-18(22)2/h5-10,12,14-15,19,21H,4,11,13,16-17H2,1-3H3/t19-,21+/m1/s1. The maximum Gasteiger partial charge on any atom is 0.290 e. The van der Waals surface area contributed by atoms with Gasteiger partial charge in [0.1, 0.15) is 18.9 Å². The number of carbonyl (C=O) groups is 2. The van der Waals surface area contributed by atoms with Crippen LogP contribution in [0.15, 0.2) is 58.5 Å². The molecule has 2 amide bonds. The van der Waals surface area contributed by atoms with Gasteiger partial charge in [0.15, 0.2) is 5.76 Å². The van der Waals surface area contributed by atoms with Crippen LogP contribution in [0, 0.1) is 6.92 Å². The van der Waals surface area contributed by atoms with Crippen LogP contribution in [-0.2, 0) is 11.2 Å². The Bertz CT molecular complexity index is 1090. The Kier molecular flexibility index (Phi) is 7.18. The van der Waals surface area contributed by atoms with Gasteiger partial charge >= 0.3 is 0 Å². The first-order valence-corrected chi connectivity index (χ1v) is 12.3. The summed E-state index contributed by atoms with van der Waals surface area (Å²) in [7, 11) is 0. The topological polar surface area (TPSA) is 63.0 Å². The molecule has 2 aromatic heterocycles. The lowest BCUT2D eigenvalue weighted by Crippen LogP contribution is -2.49. The predicted octanol–water partition coefficient (Wildman–Crippen LogP) is 5.10. The molecule has 0 spiro atoms. The Labute approximate surface area is 198 Å². The molecule has 1 aliphatic heterocycles. The van der Waals surface area contributed by atoms with Crippen LogP contribution in [0.5, 0.6) is 5.75 Å². The lowest BCUT2D eigenvalue weighted by molar-refractivity contribution is -0.136. The maximum atomic E-state index is 13.6. The van der Waals surface area contributed by atoms with Crippen molar-refractivity contribution in [1.82, 2.24) is 9.80 Å². The van der Waals surface area contributed by atoms with Gasteiger partial charge in [0.05, 0.1) is 12.3 Å². The number of amides is 2. The molecule has 0 unspecified atom stereocenters. The fourth-order valence-corrected chi connectivity index (χ4v) is 5.12. The maximum absolute atomic E-state index is 13.6. The summed E-state index contributed by atoms with van der Waals surface area (Å²) in [6, 6.07) is 13.0. The normalized spacial score (nSPS) is 16.2. The van der Waals surface area contributed by atoms with Crippen LogP contribution in [0.4, 0.5) is 0 Å². The molecule has 7 heteroatoms. The molecule has 1 aliphatic rings. The van der Waals surface area contributed by atoms with Crippen molar-refractivity contribution >= 4 is 23.2 Å². The molecule has 0 N–H and O–H groups in total. The highest BCUT2D eigenvalue weighted by molar-refractivity contribution is 7.10. The molecule has 4 rings (SSSR count). The first-order chi connectivity index (χ1) is 16.0. The first kappa shape index (κ1) is 23.1. The summed E-state index contributed by atoms with van der Waals surface area (Å²) in [6.45, 7) is 6.97. The van der Waals surface area contributed by atoms with Gasteiger partial charge in [-0.05, 0) is 67.5 Å². The summed E-state index contributed by atoms with van der Waals surface area (Å²) in [5.74, 6) is 0.733. The number of benzene rings is 1. The predicted molar refractivity (Wildman–Crippen MR) is 129 cm³/mol. The largest absolute Gasteiger partial charge is 0.491 e. The van der Waals surface area contributed by atoms with Gasteiger partial charge in [0.2, 0.25) is 5.91 Å². The number of aryl methyl sites for hydroxylation is 1. The van der Waals surface area contributed by atoms with E-state index in [1.165, 1.54) is 11.1 Å². The van der Waals surface area contributed by atoms with Gasteiger partial charge in [-0.3, -0.25) is 9.59 Å². The number of para-hydroxylation sites is 1. The summed E-state index contributed by atoms with van der Waals surface area (Å²) >= 11 is 1.72. The molecule has 0 bridgehead atoms. The average Bonchev–Trinajstić information content (AvgIpc) is 3.53. The van der Waals surface area contributed by atoms with Gasteiger partial charge in [-0.2, -0.15) is 0 Å². The van der Waals surface area contributed by atoms with E-state index in [4.69, 9.17) is 9.15 Å². The third-order valence-electron chi connectivity index (χ3n) is 6.33. The summed E-state index contributed by atoms with van der Waals surface area (Å²) in [5, 5.41) is 2.07. The van der Waals surface area contributed by atoms with Crippen molar-refractivity contribution in [3.63, 3.8) is 0 Å². The van der Waals surface area contributed by atoms with Crippen LogP contribution in [0.3, 0.4) is 0 Å². The van der Waals surface area contributed by atoms with Gasteiger partial charge in [0.25, 0.3) is 5.91 Å². The molecule has 0 aliphatic carbocycles. The number of nitrogens with zero attached hydrogens (tertiary/aromatic N) is 2. The van der Waals surface area contributed by atoms with Crippen LogP contribution in [-0.4, -0.2) is 47.4 Å². The van der Waals surface area contributed by atoms with E-state index in [0.29, 0.717) is 13.2 Å². The zero-order valence-electron chi connectivity index (χ0n) is 19.3. The van der Waals surface area contributed by atoms with E-state index in [2.05, 4.69) is 11.4 Å². The highest BCUT2D eigenvalue weighted by Gasteiger charge is 2.34. The summed E-state index contributed by atoms with van der Waals surface area (Å²) < 4.78 is 11.5. The molecule has 33 heavy (non-hydrogen) atoms. The third kappa shape index (κ3) is 4.98. The Morgan fingerprint density at radius 2 is 2.06 bits per heavy atom. The van der Waals surface area contributed by atoms with E-state index < -0.39 is 0 Å². The van der Waals surface area contributed by atoms with Crippen LogP contribution in [0.25, 0.3) is 0 Å². The van der Waals surface area contributed by atoms with Crippen molar-refractivity contribution in [1.29, 1.82) is 0 Å². The summed E-state index contributed by atoms with van der Waals surface area (Å²) in [6.07, 6.45) is 3.04. The second-order valence-electron chi connectivity index (χ2n) is 8.40. The second-order valence-corrected chi connectivity index (χ2v) is 9.40. The third-order valence-corrected chi connectivity index (χ3v) is 7.32. The first-order valence-electron chi connectivity index (χ1n) is 11.4. The molecule has 3 heterocycles. The van der Waals surface area contributed by atoms with E-state index >= 15 is 0 Å². The number of ether oxygens (including phenoxy) is 1. The number of hydrogen-bond donors (Lipinski definition) is 0. The average molecular weight is 467 g/mol. The van der Waals surface area contributed by atoms with E-state index in [1.807, 2.05) is 49.9 Å². The molecule has 2 atom stereocenters. The minimum atomic E-state index is -0.261. The Balaban J connectivity index is 1.55. The van der Waals surface area contributed by atoms with E-state index in [0.717, 1.165) is 29.7 Å². The van der Waals surface area contributed by atoms with Crippen LogP contribution in [0.1, 0.15) is 52.9 Å². The Morgan fingerprint density at radius 1 is 1.24 bits per heavy atom. The minimum Gasteiger partial charge on any atom is -0.491 e. The van der Waals surface area contributed by atoms with Crippen LogP contribution >= 0.6 is 11.3 Å². The monoisotopic (exact) mass is 466 g/mol. The molecule has 3 aromatic rings. The molecule has 0 fully saturated rings. The number of hydrogen-bond acceptors (Lipinski definition) is 5. The molecule has 174 valence electrons. The van der Waals surface area contributed by atoms with E-state index in [1.54, 1.807) is 28.4 Å². The van der Waals surface area contributed by atoms with Crippen molar-refractivity contribution < 1.29 is 18.7 Å². The lowest BCUT2D eigenvalue weighted by Gasteiger charge is -2.38. The molecule has 0 saturated carbocycles. The number of furan rings is 1. The van der Waals surface area contributed by atoms with Gasteiger partial charge in [-0.1, -0.05) is 25.1 Å². The zero-order valence-corrected chi connectivity index (χ0v) is 20.1. The van der Waals surface area contributed by atoms with Gasteiger partial charge in [-0.15, -0.1) is 11.3 Å². The number of thiophene rings is 1. The second kappa shape index (κ2) is 10.3. The molecule has 1 aromatic carbocycles. The smallest absolute Gasteiger partial charge is 0.290 e. The van der Waals surface area contributed by atoms with Gasteiger partial charge in [0, 0.05) is 17.5 Å². The van der Waals surface area contributed by atoms with Crippen molar-refractivity contribution in [2.45, 2.75) is 45.7 Å².